The van der Waals surface area contributed by atoms with Gasteiger partial charge < -0.3 is 5.32 Å². The number of nitrogens with one attached hydrogen (secondary N) is 1. The Morgan fingerprint density at radius 2 is 2.00 bits per heavy atom. The Kier molecular flexibility index (Phi) is 4.25. The summed E-state index contributed by atoms with van der Waals surface area (Å²) in [5.74, 6) is 0. The van der Waals surface area contributed by atoms with Gasteiger partial charge in [-0.1, -0.05) is 18.2 Å². The third-order valence-electron chi connectivity index (χ3n) is 4.21. The monoisotopic (exact) mass is 284 g/mol. The molecule has 1 aromatic heterocycles. The zero-order valence-corrected chi connectivity index (χ0v) is 12.9. The Balaban J connectivity index is 1.72. The lowest BCUT2D eigenvalue weighted by atomic mass is 10.1. The van der Waals surface area contributed by atoms with Gasteiger partial charge in [0.05, 0.1) is 12.2 Å². The van der Waals surface area contributed by atoms with Crippen molar-refractivity contribution in [2.75, 3.05) is 18.4 Å². The number of aryl methyl sites for hydroxylation is 1. The topological polar surface area (TPSA) is 33.1 Å². The Bertz CT molecular complexity index is 584. The van der Waals surface area contributed by atoms with Crippen LogP contribution in [0, 0.1) is 0 Å². The van der Waals surface area contributed by atoms with E-state index in [-0.39, 0.29) is 6.04 Å². The first kappa shape index (κ1) is 14.1. The molecule has 3 rings (SSSR count). The minimum atomic E-state index is 0.262. The maximum atomic E-state index is 4.25. The van der Waals surface area contributed by atoms with E-state index in [1.165, 1.54) is 42.7 Å². The molecular formula is C17H24N4. The molecule has 0 saturated carbocycles. The molecular weight excluding hydrogens is 260 g/mol. The fourth-order valence-electron chi connectivity index (χ4n) is 2.96. The van der Waals surface area contributed by atoms with Crippen LogP contribution in [-0.2, 0) is 13.6 Å². The number of aromatic nitrogens is 2. The van der Waals surface area contributed by atoms with Crippen LogP contribution < -0.4 is 5.32 Å². The van der Waals surface area contributed by atoms with Crippen LogP contribution in [0.3, 0.4) is 0 Å². The molecule has 1 fully saturated rings. The van der Waals surface area contributed by atoms with Gasteiger partial charge in [0, 0.05) is 31.0 Å². The van der Waals surface area contributed by atoms with Crippen LogP contribution in [0.2, 0.25) is 0 Å². The van der Waals surface area contributed by atoms with Crippen LogP contribution in [0.5, 0.6) is 0 Å². The Morgan fingerprint density at radius 1 is 1.24 bits per heavy atom. The average molecular weight is 284 g/mol. The summed E-state index contributed by atoms with van der Waals surface area (Å²) < 4.78 is 1.85. The van der Waals surface area contributed by atoms with Crippen molar-refractivity contribution in [2.24, 2.45) is 7.05 Å². The van der Waals surface area contributed by atoms with E-state index in [0.29, 0.717) is 0 Å². The number of hydrogen-bond acceptors (Lipinski definition) is 3. The number of likely N-dealkylation sites (tertiary alicyclic amines) is 1. The van der Waals surface area contributed by atoms with E-state index in [1.54, 1.807) is 0 Å². The van der Waals surface area contributed by atoms with Gasteiger partial charge in [0.1, 0.15) is 0 Å². The normalized spacial score (nSPS) is 17.0. The molecule has 4 nitrogen and oxygen atoms in total. The van der Waals surface area contributed by atoms with Crippen molar-refractivity contribution in [1.82, 2.24) is 14.7 Å². The minimum absolute atomic E-state index is 0.262. The molecule has 0 radical (unpaired) electrons. The highest BCUT2D eigenvalue weighted by molar-refractivity contribution is 5.52. The van der Waals surface area contributed by atoms with E-state index in [9.17, 15) is 0 Å². The van der Waals surface area contributed by atoms with Crippen molar-refractivity contribution in [2.45, 2.75) is 32.4 Å². The van der Waals surface area contributed by atoms with Crippen LogP contribution in [0.4, 0.5) is 5.69 Å². The highest BCUT2D eigenvalue weighted by Crippen LogP contribution is 2.24. The van der Waals surface area contributed by atoms with Crippen LogP contribution in [0.1, 0.15) is 36.9 Å². The number of nitrogens with zero attached hydrogens (tertiary/aromatic N) is 3. The lowest BCUT2D eigenvalue weighted by Gasteiger charge is -2.20. The summed E-state index contributed by atoms with van der Waals surface area (Å²) in [4.78, 5) is 2.54. The summed E-state index contributed by atoms with van der Waals surface area (Å²) in [6, 6.07) is 8.91. The second kappa shape index (κ2) is 6.31. The van der Waals surface area contributed by atoms with Crippen LogP contribution in [-0.4, -0.2) is 27.8 Å². The third kappa shape index (κ3) is 3.45. The summed E-state index contributed by atoms with van der Waals surface area (Å²) in [6.07, 6.45) is 6.67. The molecule has 1 aliphatic rings. The zero-order valence-electron chi connectivity index (χ0n) is 12.9. The number of rotatable bonds is 5. The second-order valence-electron chi connectivity index (χ2n) is 5.95. The molecule has 0 bridgehead atoms. The first-order valence-corrected chi connectivity index (χ1v) is 7.78. The van der Waals surface area contributed by atoms with E-state index < -0.39 is 0 Å². The predicted molar refractivity (Wildman–Crippen MR) is 86.2 cm³/mol. The number of para-hydroxylation sites is 1. The molecule has 2 aromatic rings. The standard InChI is InChI=1S/C17H24N4/c1-14(16-11-18-20(2)12-16)19-17-8-4-3-7-15(17)13-21-9-5-6-10-21/h3-4,7-8,11-12,14,19H,5-6,9-10,13H2,1-2H3. The minimum Gasteiger partial charge on any atom is -0.378 e. The van der Waals surface area contributed by atoms with E-state index in [0.717, 1.165) is 6.54 Å². The average Bonchev–Trinajstić information content (AvgIpc) is 3.12. The summed E-state index contributed by atoms with van der Waals surface area (Å²) in [5, 5.41) is 7.89. The molecule has 1 N–H and O–H groups in total. The second-order valence-corrected chi connectivity index (χ2v) is 5.95. The lowest BCUT2D eigenvalue weighted by Crippen LogP contribution is -2.19. The summed E-state index contributed by atoms with van der Waals surface area (Å²) in [5.41, 5.74) is 3.84. The smallest absolute Gasteiger partial charge is 0.0542 e. The molecule has 0 amide bonds. The van der Waals surface area contributed by atoms with Crippen molar-refractivity contribution in [3.63, 3.8) is 0 Å². The maximum absolute atomic E-state index is 4.25. The molecule has 1 aliphatic heterocycles. The van der Waals surface area contributed by atoms with E-state index >= 15 is 0 Å². The van der Waals surface area contributed by atoms with Crippen molar-refractivity contribution in [1.29, 1.82) is 0 Å². The Morgan fingerprint density at radius 3 is 2.71 bits per heavy atom. The Labute approximate surface area is 126 Å². The van der Waals surface area contributed by atoms with Crippen LogP contribution in [0.15, 0.2) is 36.7 Å². The number of anilines is 1. The summed E-state index contributed by atoms with van der Waals surface area (Å²) in [7, 11) is 1.96. The van der Waals surface area contributed by atoms with Gasteiger partial charge in [-0.15, -0.1) is 0 Å². The zero-order chi connectivity index (χ0) is 14.7. The predicted octanol–water partition coefficient (Wildman–Crippen LogP) is 3.19. The molecule has 0 spiro atoms. The summed E-state index contributed by atoms with van der Waals surface area (Å²) in [6.45, 7) is 5.69. The molecule has 21 heavy (non-hydrogen) atoms. The van der Waals surface area contributed by atoms with Crippen molar-refractivity contribution in [3.05, 3.63) is 47.8 Å². The first-order valence-electron chi connectivity index (χ1n) is 7.78. The van der Waals surface area contributed by atoms with Gasteiger partial charge in [0.2, 0.25) is 0 Å². The molecule has 1 saturated heterocycles. The van der Waals surface area contributed by atoms with Crippen LogP contribution >= 0.6 is 0 Å². The van der Waals surface area contributed by atoms with Gasteiger partial charge in [-0.2, -0.15) is 5.10 Å². The van der Waals surface area contributed by atoms with Crippen molar-refractivity contribution < 1.29 is 0 Å². The molecule has 1 aromatic carbocycles. The molecule has 1 unspecified atom stereocenters. The highest BCUT2D eigenvalue weighted by atomic mass is 15.2. The van der Waals surface area contributed by atoms with Gasteiger partial charge in [-0.3, -0.25) is 9.58 Å². The van der Waals surface area contributed by atoms with Gasteiger partial charge >= 0.3 is 0 Å². The summed E-state index contributed by atoms with van der Waals surface area (Å²) >= 11 is 0. The quantitative estimate of drug-likeness (QED) is 0.915. The van der Waals surface area contributed by atoms with Gasteiger partial charge in [-0.25, -0.2) is 0 Å². The fraction of sp³-hybridized carbons (Fsp3) is 0.471. The van der Waals surface area contributed by atoms with Gasteiger partial charge in [-0.05, 0) is 44.5 Å². The van der Waals surface area contributed by atoms with Crippen LogP contribution in [0.25, 0.3) is 0 Å². The molecule has 0 aliphatic carbocycles. The van der Waals surface area contributed by atoms with Gasteiger partial charge in [0.15, 0.2) is 0 Å². The first-order chi connectivity index (χ1) is 10.2. The van der Waals surface area contributed by atoms with Crippen molar-refractivity contribution in [3.8, 4) is 0 Å². The van der Waals surface area contributed by atoms with Crippen molar-refractivity contribution >= 4 is 5.69 Å². The molecule has 112 valence electrons. The molecule has 2 heterocycles. The lowest BCUT2D eigenvalue weighted by molar-refractivity contribution is 0.332. The third-order valence-corrected chi connectivity index (χ3v) is 4.21. The maximum Gasteiger partial charge on any atom is 0.0542 e. The highest BCUT2D eigenvalue weighted by Gasteiger charge is 2.15. The number of hydrogen-bond donors (Lipinski definition) is 1. The Hall–Kier alpha value is -1.81. The largest absolute Gasteiger partial charge is 0.378 e. The van der Waals surface area contributed by atoms with E-state index in [1.807, 2.05) is 17.9 Å². The van der Waals surface area contributed by atoms with Gasteiger partial charge in [0.25, 0.3) is 0 Å². The number of benzene rings is 1. The molecule has 4 heteroatoms. The SMILES string of the molecule is CC(Nc1ccccc1CN1CCCC1)c1cnn(C)c1. The molecule has 1 atom stereocenters. The fourth-order valence-corrected chi connectivity index (χ4v) is 2.96. The van der Waals surface area contributed by atoms with E-state index in [2.05, 4.69) is 52.7 Å². The van der Waals surface area contributed by atoms with E-state index in [4.69, 9.17) is 0 Å².